The third kappa shape index (κ3) is 6.58. The Kier molecular flexibility index (Phi) is 8.35. The first-order valence-corrected chi connectivity index (χ1v) is 11.3. The van der Waals surface area contributed by atoms with E-state index in [0.717, 1.165) is 44.7 Å². The van der Waals surface area contributed by atoms with Crippen molar-refractivity contribution < 1.29 is 22.4 Å². The smallest absolute Gasteiger partial charge is 0.367 e. The van der Waals surface area contributed by atoms with Gasteiger partial charge in [-0.05, 0) is 56.7 Å². The fourth-order valence-corrected chi connectivity index (χ4v) is 4.63. The maximum Gasteiger partial charge on any atom is 0.419 e. The van der Waals surface area contributed by atoms with E-state index in [-0.39, 0.29) is 30.5 Å². The molecule has 2 fully saturated rings. The fourth-order valence-electron chi connectivity index (χ4n) is 4.63. The van der Waals surface area contributed by atoms with Gasteiger partial charge < -0.3 is 10.2 Å². The monoisotopic (exact) mass is 454 g/mol. The summed E-state index contributed by atoms with van der Waals surface area (Å²) in [7, 11) is 0. The van der Waals surface area contributed by atoms with Gasteiger partial charge in [-0.3, -0.25) is 9.69 Å². The normalized spacial score (nSPS) is 22.4. The van der Waals surface area contributed by atoms with Gasteiger partial charge >= 0.3 is 6.18 Å². The average molecular weight is 455 g/mol. The van der Waals surface area contributed by atoms with Gasteiger partial charge in [0.1, 0.15) is 0 Å². The van der Waals surface area contributed by atoms with Gasteiger partial charge in [0, 0.05) is 45.1 Å². The lowest BCUT2D eigenvalue weighted by Gasteiger charge is -2.37. The molecular formula is C23H30F4N4O. The van der Waals surface area contributed by atoms with Crippen LogP contribution in [0, 0.1) is 23.1 Å². The highest BCUT2D eigenvalue weighted by Crippen LogP contribution is 2.35. The van der Waals surface area contributed by atoms with E-state index in [1.807, 2.05) is 6.07 Å². The number of hydrogen-bond acceptors (Lipinski definition) is 4. The first-order chi connectivity index (χ1) is 15.3. The lowest BCUT2D eigenvalue weighted by atomic mass is 9.84. The molecule has 1 aliphatic heterocycles. The first-order valence-electron chi connectivity index (χ1n) is 11.3. The number of carbonyl (C=O) groups is 1. The molecule has 1 saturated carbocycles. The molecule has 0 bridgehead atoms. The summed E-state index contributed by atoms with van der Waals surface area (Å²) < 4.78 is 53.3. The molecule has 1 aromatic carbocycles. The Morgan fingerprint density at radius 3 is 2.44 bits per heavy atom. The number of nitrogens with one attached hydrogen (secondary N) is 1. The fraction of sp³-hybridized carbons (Fsp3) is 0.652. The van der Waals surface area contributed by atoms with Crippen LogP contribution in [-0.4, -0.2) is 49.6 Å². The van der Waals surface area contributed by atoms with Gasteiger partial charge in [0.05, 0.1) is 17.3 Å². The summed E-state index contributed by atoms with van der Waals surface area (Å²) in [4.78, 5) is 15.7. The molecule has 3 rings (SSSR count). The third-order valence-electron chi connectivity index (χ3n) is 6.53. The second-order valence-electron chi connectivity index (χ2n) is 8.70. The van der Waals surface area contributed by atoms with Crippen LogP contribution in [0.2, 0.25) is 0 Å². The topological polar surface area (TPSA) is 59.4 Å². The van der Waals surface area contributed by atoms with Crippen molar-refractivity contribution in [1.29, 1.82) is 5.26 Å². The van der Waals surface area contributed by atoms with Crippen molar-refractivity contribution in [3.05, 3.63) is 29.6 Å². The number of anilines is 1. The summed E-state index contributed by atoms with van der Waals surface area (Å²) in [6, 6.07) is 5.63. The van der Waals surface area contributed by atoms with Crippen LogP contribution in [0.5, 0.6) is 0 Å². The second kappa shape index (κ2) is 11.0. The second-order valence-corrected chi connectivity index (χ2v) is 8.70. The predicted octanol–water partition coefficient (Wildman–Crippen LogP) is 4.34. The van der Waals surface area contributed by atoms with Crippen molar-refractivity contribution in [1.82, 2.24) is 10.2 Å². The molecule has 0 aromatic heterocycles. The van der Waals surface area contributed by atoms with E-state index in [0.29, 0.717) is 32.1 Å². The maximum atomic E-state index is 14.4. The van der Waals surface area contributed by atoms with Crippen LogP contribution in [0.25, 0.3) is 0 Å². The zero-order valence-electron chi connectivity index (χ0n) is 18.1. The molecule has 0 radical (unpaired) electrons. The Morgan fingerprint density at radius 1 is 1.12 bits per heavy atom. The van der Waals surface area contributed by atoms with Crippen molar-refractivity contribution in [3.63, 3.8) is 0 Å². The number of alkyl halides is 3. The Bertz CT molecular complexity index is 807. The molecule has 5 nitrogen and oxygen atoms in total. The zero-order chi connectivity index (χ0) is 23.1. The van der Waals surface area contributed by atoms with Crippen LogP contribution in [-0.2, 0) is 11.0 Å². The minimum absolute atomic E-state index is 0.0228. The van der Waals surface area contributed by atoms with Gasteiger partial charge in [-0.1, -0.05) is 6.07 Å². The molecular weight excluding hydrogens is 424 g/mol. The van der Waals surface area contributed by atoms with Gasteiger partial charge in [-0.15, -0.1) is 0 Å². The predicted molar refractivity (Wildman–Crippen MR) is 113 cm³/mol. The molecule has 1 aromatic rings. The molecule has 1 aliphatic carbocycles. The Morgan fingerprint density at radius 2 is 1.81 bits per heavy atom. The van der Waals surface area contributed by atoms with Gasteiger partial charge in [0.2, 0.25) is 5.91 Å². The number of amides is 1. The van der Waals surface area contributed by atoms with E-state index >= 15 is 0 Å². The largest absolute Gasteiger partial charge is 0.419 e. The number of nitrogens with zero attached hydrogens (tertiary/aromatic N) is 3. The lowest BCUT2D eigenvalue weighted by molar-refractivity contribution is -0.139. The van der Waals surface area contributed by atoms with Crippen molar-refractivity contribution in [3.8, 4) is 6.07 Å². The molecule has 9 heteroatoms. The summed E-state index contributed by atoms with van der Waals surface area (Å²) in [6.07, 6.45) is 0.864. The Balaban J connectivity index is 1.39. The summed E-state index contributed by atoms with van der Waals surface area (Å²) in [5.74, 6) is -0.642. The Hall–Kier alpha value is -2.34. The highest BCUT2D eigenvalue weighted by Gasteiger charge is 2.36. The lowest BCUT2D eigenvalue weighted by Crippen LogP contribution is -2.47. The molecule has 1 amide bonds. The number of hydrogen-bond donors (Lipinski definition) is 1. The van der Waals surface area contributed by atoms with E-state index in [9.17, 15) is 22.4 Å². The van der Waals surface area contributed by atoms with E-state index in [2.05, 4.69) is 10.2 Å². The summed E-state index contributed by atoms with van der Waals surface area (Å²) in [5.41, 5.74) is -1.19. The molecule has 1 heterocycles. The molecule has 0 atom stereocenters. The molecule has 2 aliphatic rings. The van der Waals surface area contributed by atoms with Crippen LogP contribution in [0.1, 0.15) is 50.5 Å². The molecule has 0 unspecified atom stereocenters. The summed E-state index contributed by atoms with van der Waals surface area (Å²) in [6.45, 7) is 3.31. The standard InChI is InChI=1S/C23H30F4N4O/c24-22-19(23(25,26)27)3-1-4-20(22)31-15-13-30(14-16-31)12-10-17-6-8-18(9-7-17)29-21(32)5-2-11-28/h1,3-4,17-18H,2,5-10,12-16H2,(H,29,32). The van der Waals surface area contributed by atoms with Crippen LogP contribution in [0.3, 0.4) is 0 Å². The number of rotatable bonds is 7. The van der Waals surface area contributed by atoms with Gasteiger partial charge in [0.15, 0.2) is 5.82 Å². The quantitative estimate of drug-likeness (QED) is 0.623. The minimum Gasteiger partial charge on any atom is -0.367 e. The van der Waals surface area contributed by atoms with Crippen molar-refractivity contribution in [2.45, 2.75) is 57.2 Å². The van der Waals surface area contributed by atoms with Crippen molar-refractivity contribution in [2.24, 2.45) is 5.92 Å². The molecule has 0 spiro atoms. The average Bonchev–Trinajstić information content (AvgIpc) is 2.77. The molecule has 176 valence electrons. The highest BCUT2D eigenvalue weighted by molar-refractivity contribution is 5.76. The van der Waals surface area contributed by atoms with Crippen LogP contribution in [0.15, 0.2) is 18.2 Å². The Labute approximate surface area is 186 Å². The minimum atomic E-state index is -4.69. The number of nitriles is 1. The van der Waals surface area contributed by atoms with Crippen molar-refractivity contribution in [2.75, 3.05) is 37.6 Å². The SMILES string of the molecule is N#CCCC(=O)NC1CCC(CCN2CCN(c3cccc(C(F)(F)F)c3F)CC2)CC1. The number of halogens is 4. The van der Waals surface area contributed by atoms with Gasteiger partial charge in [-0.25, -0.2) is 4.39 Å². The van der Waals surface area contributed by atoms with Crippen molar-refractivity contribution >= 4 is 11.6 Å². The van der Waals surface area contributed by atoms with E-state index in [1.165, 1.54) is 12.1 Å². The summed E-state index contributed by atoms with van der Waals surface area (Å²) in [5, 5.41) is 11.6. The van der Waals surface area contributed by atoms with E-state index < -0.39 is 17.6 Å². The number of piperazine rings is 1. The third-order valence-corrected chi connectivity index (χ3v) is 6.53. The van der Waals surface area contributed by atoms with Crippen LogP contribution in [0.4, 0.5) is 23.2 Å². The number of carbonyl (C=O) groups excluding carboxylic acids is 1. The highest BCUT2D eigenvalue weighted by atomic mass is 19.4. The van der Waals surface area contributed by atoms with Crippen LogP contribution >= 0.6 is 0 Å². The van der Waals surface area contributed by atoms with Gasteiger partial charge in [0.25, 0.3) is 0 Å². The van der Waals surface area contributed by atoms with Gasteiger partial charge in [-0.2, -0.15) is 18.4 Å². The number of benzene rings is 1. The van der Waals surface area contributed by atoms with E-state index in [1.54, 1.807) is 4.90 Å². The molecule has 1 N–H and O–H groups in total. The molecule has 1 saturated heterocycles. The molecule has 32 heavy (non-hydrogen) atoms. The summed E-state index contributed by atoms with van der Waals surface area (Å²) >= 11 is 0. The van der Waals surface area contributed by atoms with E-state index in [4.69, 9.17) is 5.26 Å². The van der Waals surface area contributed by atoms with Crippen LogP contribution < -0.4 is 10.2 Å². The maximum absolute atomic E-state index is 14.4. The first kappa shape index (κ1) is 24.3. The zero-order valence-corrected chi connectivity index (χ0v) is 18.1.